The minimum Gasteiger partial charge on any atom is -0.724 e. The third kappa shape index (κ3) is 42.7. The molecule has 0 aromatic rings. The fraction of sp³-hybridized carbons (Fsp3) is 0.750. The van der Waals surface area contributed by atoms with Gasteiger partial charge in [-0.05, 0) is 25.0 Å². The fourth-order valence-electron chi connectivity index (χ4n) is 1.89. The molecular formula is C16H24N4O4-2. The maximum Gasteiger partial charge on any atom is 0.234 e. The standard InChI is InChI=1S/C14H24N2O2.2CNO/c17-13-15-11-9-7-5-3-1-2-4-6-8-10-12-16-14-18;2*2-1-3/h1-12H2;;/q;2*-1. The van der Waals surface area contributed by atoms with Crippen LogP contribution in [0.1, 0.15) is 64.2 Å². The molecule has 0 radical (unpaired) electrons. The maximum absolute atomic E-state index is 9.81. The molecule has 8 nitrogen and oxygen atoms in total. The van der Waals surface area contributed by atoms with Crippen molar-refractivity contribution in [3.8, 4) is 0 Å². The Morgan fingerprint density at radius 3 is 0.917 bits per heavy atom. The minimum atomic E-state index is 0.500. The summed E-state index contributed by atoms with van der Waals surface area (Å²) in [6.45, 7) is 1.26. The van der Waals surface area contributed by atoms with E-state index in [0.717, 1.165) is 25.7 Å². The third-order valence-electron chi connectivity index (χ3n) is 2.92. The molecule has 134 valence electrons. The Morgan fingerprint density at radius 1 is 0.500 bits per heavy atom. The van der Waals surface area contributed by atoms with Gasteiger partial charge in [-0.1, -0.05) is 51.4 Å². The van der Waals surface area contributed by atoms with Crippen LogP contribution >= 0.6 is 0 Å². The topological polar surface area (TPSA) is 138 Å². The number of hydrogen-bond acceptors (Lipinski definition) is 6. The molecule has 0 heterocycles. The van der Waals surface area contributed by atoms with Gasteiger partial charge in [-0.25, -0.2) is 19.6 Å². The van der Waals surface area contributed by atoms with E-state index in [1.165, 1.54) is 38.5 Å². The van der Waals surface area contributed by atoms with E-state index in [-0.39, 0.29) is 0 Å². The molecule has 0 aliphatic heterocycles. The van der Waals surface area contributed by atoms with Crippen molar-refractivity contribution in [2.75, 3.05) is 13.1 Å². The lowest BCUT2D eigenvalue weighted by Gasteiger charge is -2.01. The number of nitrogens with zero attached hydrogens (tertiary/aromatic N) is 4. The Bertz CT molecular complexity index is 376. The summed E-state index contributed by atoms with van der Waals surface area (Å²) in [5.74, 6) is 0. The molecule has 0 atom stereocenters. The Labute approximate surface area is 142 Å². The minimum absolute atomic E-state index is 0.500. The highest BCUT2D eigenvalue weighted by atomic mass is 16.1. The predicted octanol–water partition coefficient (Wildman–Crippen LogP) is 3.34. The van der Waals surface area contributed by atoms with E-state index < -0.39 is 0 Å². The van der Waals surface area contributed by atoms with Gasteiger partial charge >= 0.3 is 0 Å². The lowest BCUT2D eigenvalue weighted by Crippen LogP contribution is -1.85. The van der Waals surface area contributed by atoms with E-state index in [1.54, 1.807) is 12.2 Å². The summed E-state index contributed by atoms with van der Waals surface area (Å²) in [7, 11) is 0. The second kappa shape index (κ2) is 32.5. The van der Waals surface area contributed by atoms with Crippen molar-refractivity contribution in [3.05, 3.63) is 10.8 Å². The number of aliphatic imine (C=N–C) groups is 2. The Morgan fingerprint density at radius 2 is 0.708 bits per heavy atom. The van der Waals surface area contributed by atoms with Gasteiger partial charge in [0, 0.05) is 0 Å². The van der Waals surface area contributed by atoms with Crippen LogP contribution in [0.3, 0.4) is 0 Å². The lowest BCUT2D eigenvalue weighted by atomic mass is 10.1. The van der Waals surface area contributed by atoms with Crippen LogP contribution < -0.4 is 0 Å². The van der Waals surface area contributed by atoms with Gasteiger partial charge in [0.15, 0.2) is 0 Å². The Kier molecular flexibility index (Phi) is 35.7. The highest BCUT2D eigenvalue weighted by molar-refractivity contribution is 5.37. The first-order valence-corrected chi connectivity index (χ1v) is 7.84. The first-order chi connectivity index (χ1) is 11.7. The number of carbonyl (C=O) groups excluding carboxylic acids is 4. The van der Waals surface area contributed by atoms with Crippen LogP contribution in [0.15, 0.2) is 9.98 Å². The SMILES string of the molecule is O=C=NCCCCCCCCCCCCN=C=O.[N-]=C=O.[N-]=C=O. The van der Waals surface area contributed by atoms with E-state index in [9.17, 15) is 9.59 Å². The second-order valence-corrected chi connectivity index (χ2v) is 4.66. The zero-order chi connectivity index (χ0) is 18.7. The Hall–Kier alpha value is -2.48. The van der Waals surface area contributed by atoms with Crippen LogP contribution in [0.2, 0.25) is 0 Å². The van der Waals surface area contributed by atoms with Gasteiger partial charge in [0.25, 0.3) is 0 Å². The quantitative estimate of drug-likeness (QED) is 0.289. The molecule has 0 unspecified atom stereocenters. The molecule has 24 heavy (non-hydrogen) atoms. The van der Waals surface area contributed by atoms with E-state index in [4.69, 9.17) is 20.4 Å². The molecule has 0 N–H and O–H groups in total. The normalized spacial score (nSPS) is 7.83. The van der Waals surface area contributed by atoms with Crippen molar-refractivity contribution in [1.29, 1.82) is 0 Å². The summed E-state index contributed by atoms with van der Waals surface area (Å²) in [4.78, 5) is 43.1. The van der Waals surface area contributed by atoms with Crippen molar-refractivity contribution in [2.24, 2.45) is 9.98 Å². The van der Waals surface area contributed by atoms with Crippen LogP contribution in [0.4, 0.5) is 0 Å². The van der Waals surface area contributed by atoms with Gasteiger partial charge in [-0.3, -0.25) is 9.59 Å². The smallest absolute Gasteiger partial charge is 0.234 e. The summed E-state index contributed by atoms with van der Waals surface area (Å²) in [6, 6.07) is 0. The zero-order valence-corrected chi connectivity index (χ0v) is 13.9. The number of rotatable bonds is 13. The van der Waals surface area contributed by atoms with Crippen LogP contribution in [0, 0.1) is 0 Å². The molecule has 0 aliphatic rings. The van der Waals surface area contributed by atoms with E-state index in [2.05, 4.69) is 9.98 Å². The van der Waals surface area contributed by atoms with Crippen molar-refractivity contribution >= 4 is 24.3 Å². The van der Waals surface area contributed by atoms with E-state index >= 15 is 0 Å². The van der Waals surface area contributed by atoms with Gasteiger partial charge in [-0.15, -0.1) is 0 Å². The van der Waals surface area contributed by atoms with Crippen LogP contribution in [-0.2, 0) is 19.2 Å². The van der Waals surface area contributed by atoms with Gasteiger partial charge in [-0.2, -0.15) is 0 Å². The predicted molar refractivity (Wildman–Crippen MR) is 90.3 cm³/mol. The monoisotopic (exact) mass is 336 g/mol. The van der Waals surface area contributed by atoms with E-state index in [1.807, 2.05) is 0 Å². The molecule has 0 aromatic carbocycles. The average molecular weight is 336 g/mol. The average Bonchev–Trinajstić information content (AvgIpc) is 2.57. The summed E-state index contributed by atoms with van der Waals surface area (Å²) in [5.41, 5.74) is 0. The lowest BCUT2D eigenvalue weighted by molar-refractivity contribution is 0.547. The van der Waals surface area contributed by atoms with Crippen LogP contribution in [0.25, 0.3) is 10.8 Å². The molecule has 0 bridgehead atoms. The van der Waals surface area contributed by atoms with E-state index in [0.29, 0.717) is 25.2 Å². The highest BCUT2D eigenvalue weighted by Crippen LogP contribution is 2.10. The summed E-state index contributed by atoms with van der Waals surface area (Å²) < 4.78 is 0. The molecule has 8 heteroatoms. The Balaban J connectivity index is -0.000000635. The summed E-state index contributed by atoms with van der Waals surface area (Å²) in [5, 5.41) is 13.5. The van der Waals surface area contributed by atoms with Crippen LogP contribution in [0.5, 0.6) is 0 Å². The number of hydrogen-bond donors (Lipinski definition) is 0. The maximum atomic E-state index is 9.81. The molecule has 0 rings (SSSR count). The van der Waals surface area contributed by atoms with Gasteiger partial charge in [0.1, 0.15) is 0 Å². The first-order valence-electron chi connectivity index (χ1n) is 7.84. The fourth-order valence-corrected chi connectivity index (χ4v) is 1.89. The molecule has 0 spiro atoms. The van der Waals surface area contributed by atoms with Crippen molar-refractivity contribution in [2.45, 2.75) is 64.2 Å². The van der Waals surface area contributed by atoms with Gasteiger partial charge in [0.05, 0.1) is 13.1 Å². The largest absolute Gasteiger partial charge is 0.724 e. The van der Waals surface area contributed by atoms with Crippen molar-refractivity contribution < 1.29 is 19.2 Å². The number of isocyanates is 4. The molecule has 0 amide bonds. The zero-order valence-electron chi connectivity index (χ0n) is 13.9. The molecule has 0 aromatic heterocycles. The summed E-state index contributed by atoms with van der Waals surface area (Å²) >= 11 is 0. The molecular weight excluding hydrogens is 312 g/mol. The van der Waals surface area contributed by atoms with Gasteiger partial charge < -0.3 is 10.8 Å². The van der Waals surface area contributed by atoms with Crippen molar-refractivity contribution in [3.63, 3.8) is 0 Å². The second-order valence-electron chi connectivity index (χ2n) is 4.66. The van der Waals surface area contributed by atoms with Crippen LogP contribution in [-0.4, -0.2) is 37.4 Å². The molecule has 0 saturated heterocycles. The summed E-state index contributed by atoms with van der Waals surface area (Å²) in [6.07, 6.45) is 16.1. The van der Waals surface area contributed by atoms with Crippen molar-refractivity contribution in [1.82, 2.24) is 0 Å². The molecule has 0 fully saturated rings. The molecule has 0 saturated carbocycles. The molecule has 0 aliphatic carbocycles. The first kappa shape index (κ1) is 26.4. The number of unbranched alkanes of at least 4 members (excludes halogenated alkanes) is 9. The third-order valence-corrected chi connectivity index (χ3v) is 2.92. The van der Waals surface area contributed by atoms with Gasteiger partial charge in [0.2, 0.25) is 12.2 Å². The highest BCUT2D eigenvalue weighted by Gasteiger charge is 1.92.